The maximum absolute atomic E-state index is 10.1. The summed E-state index contributed by atoms with van der Waals surface area (Å²) in [5.74, 6) is 0. The van der Waals surface area contributed by atoms with E-state index in [2.05, 4.69) is 0 Å². The van der Waals surface area contributed by atoms with E-state index in [9.17, 15) is 10.2 Å². The zero-order valence-electron chi connectivity index (χ0n) is 7.29. The van der Waals surface area contributed by atoms with E-state index in [4.69, 9.17) is 0 Å². The molecule has 0 amide bonds. The lowest BCUT2D eigenvalue weighted by atomic mass is 9.73. The van der Waals surface area contributed by atoms with Gasteiger partial charge >= 0.3 is 0 Å². The highest BCUT2D eigenvalue weighted by molar-refractivity contribution is 5.23. The summed E-state index contributed by atoms with van der Waals surface area (Å²) in [5, 5.41) is 19.5. The fraction of sp³-hybridized carbons (Fsp3) is 0.800. The summed E-state index contributed by atoms with van der Waals surface area (Å²) in [5.41, 5.74) is 0.546. The van der Waals surface area contributed by atoms with E-state index < -0.39 is 5.60 Å². The van der Waals surface area contributed by atoms with Gasteiger partial charge in [0, 0.05) is 0 Å². The molecule has 2 heteroatoms. The van der Waals surface area contributed by atoms with Crippen LogP contribution in [-0.4, -0.2) is 21.9 Å². The molecule has 1 saturated carbocycles. The van der Waals surface area contributed by atoms with Crippen LogP contribution in [-0.2, 0) is 0 Å². The van der Waals surface area contributed by atoms with Gasteiger partial charge < -0.3 is 10.2 Å². The van der Waals surface area contributed by atoms with E-state index >= 15 is 0 Å². The quantitative estimate of drug-likeness (QED) is 0.536. The minimum Gasteiger partial charge on any atom is -0.389 e. The summed E-state index contributed by atoms with van der Waals surface area (Å²) in [6, 6.07) is 0. The van der Waals surface area contributed by atoms with Crippen molar-refractivity contribution >= 4 is 0 Å². The monoisotopic (exact) mass is 168 g/mol. The highest BCUT2D eigenvalue weighted by atomic mass is 16.3. The van der Waals surface area contributed by atoms with E-state index in [1.807, 2.05) is 6.08 Å². The van der Waals surface area contributed by atoms with Gasteiger partial charge in [-0.2, -0.15) is 0 Å². The van der Waals surface area contributed by atoms with Crippen LogP contribution < -0.4 is 0 Å². The molecule has 2 nitrogen and oxygen atoms in total. The Labute approximate surface area is 72.9 Å². The second-order valence-electron chi connectivity index (χ2n) is 4.04. The van der Waals surface area contributed by atoms with Crippen LogP contribution in [0.5, 0.6) is 0 Å². The van der Waals surface area contributed by atoms with E-state index in [0.717, 1.165) is 37.7 Å². The van der Waals surface area contributed by atoms with Gasteiger partial charge in [0.25, 0.3) is 0 Å². The first-order valence-electron chi connectivity index (χ1n) is 4.82. The number of aliphatic hydroxyl groups excluding tert-OH is 1. The van der Waals surface area contributed by atoms with Gasteiger partial charge in [-0.1, -0.05) is 6.08 Å². The van der Waals surface area contributed by atoms with Crippen LogP contribution in [0.3, 0.4) is 0 Å². The van der Waals surface area contributed by atoms with Gasteiger partial charge in [-0.15, -0.1) is 0 Å². The predicted molar refractivity (Wildman–Crippen MR) is 46.7 cm³/mol. The molecule has 0 heterocycles. The standard InChI is InChI=1S/C10H16O2/c11-9-4-6-10(12)5-2-1-3-8(10)7-9/h7,9,11-12H,1-6H2/t9?,10-/m1/s1. The summed E-state index contributed by atoms with van der Waals surface area (Å²) in [7, 11) is 0. The lowest BCUT2D eigenvalue weighted by Crippen LogP contribution is -2.38. The molecule has 68 valence electrons. The van der Waals surface area contributed by atoms with E-state index in [0.29, 0.717) is 0 Å². The Morgan fingerprint density at radius 2 is 2.17 bits per heavy atom. The molecule has 0 bridgehead atoms. The molecule has 2 aliphatic rings. The Morgan fingerprint density at radius 3 is 3.00 bits per heavy atom. The SMILES string of the molecule is OC1C=C2CCCC[C@@]2(O)CC1. The average molecular weight is 168 g/mol. The molecular formula is C10H16O2. The lowest BCUT2D eigenvalue weighted by molar-refractivity contribution is 0.0187. The summed E-state index contributed by atoms with van der Waals surface area (Å²) >= 11 is 0. The lowest BCUT2D eigenvalue weighted by Gasteiger charge is -2.39. The summed E-state index contributed by atoms with van der Waals surface area (Å²) in [4.78, 5) is 0. The number of hydrogen-bond donors (Lipinski definition) is 2. The van der Waals surface area contributed by atoms with Crippen molar-refractivity contribution in [2.75, 3.05) is 0 Å². The normalized spacial score (nSPS) is 41.8. The molecule has 2 rings (SSSR count). The van der Waals surface area contributed by atoms with Gasteiger partial charge in [-0.3, -0.25) is 0 Å². The van der Waals surface area contributed by atoms with Crippen molar-refractivity contribution in [2.24, 2.45) is 0 Å². The Balaban J connectivity index is 2.23. The third kappa shape index (κ3) is 1.29. The molecule has 2 aliphatic carbocycles. The smallest absolute Gasteiger partial charge is 0.0858 e. The highest BCUT2D eigenvalue weighted by Gasteiger charge is 2.36. The van der Waals surface area contributed by atoms with Crippen molar-refractivity contribution in [3.05, 3.63) is 11.6 Å². The van der Waals surface area contributed by atoms with Gasteiger partial charge in [0.15, 0.2) is 0 Å². The summed E-state index contributed by atoms with van der Waals surface area (Å²) < 4.78 is 0. The van der Waals surface area contributed by atoms with E-state index in [1.54, 1.807) is 0 Å². The maximum Gasteiger partial charge on any atom is 0.0858 e. The fourth-order valence-electron chi connectivity index (χ4n) is 2.35. The van der Waals surface area contributed by atoms with E-state index in [1.165, 1.54) is 6.42 Å². The molecule has 12 heavy (non-hydrogen) atoms. The van der Waals surface area contributed by atoms with Crippen LogP contribution in [0.25, 0.3) is 0 Å². The van der Waals surface area contributed by atoms with Crippen molar-refractivity contribution in [3.8, 4) is 0 Å². The summed E-state index contributed by atoms with van der Waals surface area (Å²) in [6.45, 7) is 0. The van der Waals surface area contributed by atoms with Crippen molar-refractivity contribution in [2.45, 2.75) is 50.2 Å². The fourth-order valence-corrected chi connectivity index (χ4v) is 2.35. The zero-order chi connectivity index (χ0) is 8.60. The molecule has 2 N–H and O–H groups in total. The largest absolute Gasteiger partial charge is 0.389 e. The van der Waals surface area contributed by atoms with Gasteiger partial charge in [-0.25, -0.2) is 0 Å². The molecule has 0 saturated heterocycles. The number of hydrogen-bond acceptors (Lipinski definition) is 2. The molecule has 0 aliphatic heterocycles. The van der Waals surface area contributed by atoms with Crippen LogP contribution in [0.1, 0.15) is 38.5 Å². The summed E-state index contributed by atoms with van der Waals surface area (Å²) in [6.07, 6.45) is 7.20. The van der Waals surface area contributed by atoms with Crippen molar-refractivity contribution in [1.29, 1.82) is 0 Å². The topological polar surface area (TPSA) is 40.5 Å². The first-order chi connectivity index (χ1) is 5.71. The van der Waals surface area contributed by atoms with Crippen LogP contribution in [0.2, 0.25) is 0 Å². The Kier molecular flexibility index (Phi) is 1.97. The average Bonchev–Trinajstić information content (AvgIpc) is 2.06. The third-order valence-corrected chi connectivity index (χ3v) is 3.13. The molecule has 2 atom stereocenters. The Hall–Kier alpha value is -0.340. The molecule has 1 unspecified atom stereocenters. The van der Waals surface area contributed by atoms with Crippen LogP contribution in [0.15, 0.2) is 11.6 Å². The minimum absolute atomic E-state index is 0.307. The second-order valence-corrected chi connectivity index (χ2v) is 4.04. The van der Waals surface area contributed by atoms with Gasteiger partial charge in [0.1, 0.15) is 0 Å². The van der Waals surface area contributed by atoms with Gasteiger partial charge in [-0.05, 0) is 44.1 Å². The number of aliphatic hydroxyl groups is 2. The van der Waals surface area contributed by atoms with Crippen LogP contribution in [0, 0.1) is 0 Å². The van der Waals surface area contributed by atoms with Gasteiger partial charge in [0.2, 0.25) is 0 Å². The van der Waals surface area contributed by atoms with E-state index in [-0.39, 0.29) is 6.10 Å². The van der Waals surface area contributed by atoms with Gasteiger partial charge in [0.05, 0.1) is 11.7 Å². The molecule has 0 aromatic heterocycles. The molecule has 0 spiro atoms. The molecule has 0 aromatic rings. The highest BCUT2D eigenvalue weighted by Crippen LogP contribution is 2.40. The minimum atomic E-state index is -0.544. The molecular weight excluding hydrogens is 152 g/mol. The Bertz CT molecular complexity index is 210. The molecule has 0 radical (unpaired) electrons. The molecule has 0 aromatic carbocycles. The third-order valence-electron chi connectivity index (χ3n) is 3.13. The first-order valence-corrected chi connectivity index (χ1v) is 4.82. The van der Waals surface area contributed by atoms with Crippen molar-refractivity contribution in [3.63, 3.8) is 0 Å². The van der Waals surface area contributed by atoms with Crippen molar-refractivity contribution < 1.29 is 10.2 Å². The maximum atomic E-state index is 10.1. The number of fused-ring (bicyclic) bond motifs is 1. The molecule has 1 fully saturated rings. The Morgan fingerprint density at radius 1 is 1.33 bits per heavy atom. The number of rotatable bonds is 0. The van der Waals surface area contributed by atoms with Crippen LogP contribution >= 0.6 is 0 Å². The van der Waals surface area contributed by atoms with Crippen LogP contribution in [0.4, 0.5) is 0 Å². The second kappa shape index (κ2) is 2.86. The first kappa shape index (κ1) is 8.27. The predicted octanol–water partition coefficient (Wildman–Crippen LogP) is 1.37. The van der Waals surface area contributed by atoms with Crippen molar-refractivity contribution in [1.82, 2.24) is 0 Å². The zero-order valence-corrected chi connectivity index (χ0v) is 7.29.